The van der Waals surface area contributed by atoms with Crippen LogP contribution in [0.1, 0.15) is 10.5 Å². The monoisotopic (exact) mass is 229 g/mol. The largest absolute Gasteiger partial charge is 0.378 e. The third kappa shape index (κ3) is 2.13. The molecule has 5 nitrogen and oxygen atoms in total. The number of rotatable bonds is 2. The number of halogens is 1. The molecular weight excluding hydrogens is 218 g/mol. The fourth-order valence-electron chi connectivity index (χ4n) is 1.48. The van der Waals surface area contributed by atoms with E-state index in [-0.39, 0.29) is 17.3 Å². The molecule has 1 fully saturated rings. The molecule has 1 aliphatic rings. The molecule has 1 aliphatic heterocycles. The van der Waals surface area contributed by atoms with Crippen molar-refractivity contribution >= 4 is 17.5 Å². The number of hydrogen-bond acceptors (Lipinski definition) is 3. The normalized spacial score (nSPS) is 25.5. The van der Waals surface area contributed by atoms with Crippen molar-refractivity contribution in [2.45, 2.75) is 11.4 Å². The molecule has 15 heavy (non-hydrogen) atoms. The van der Waals surface area contributed by atoms with Gasteiger partial charge in [0.05, 0.1) is 37.2 Å². The number of alkyl halides is 1. The number of nitrogens with one attached hydrogen (secondary N) is 1. The number of aromatic nitrogens is 2. The third-order valence-electron chi connectivity index (χ3n) is 2.38. The Labute approximate surface area is 92.4 Å². The lowest BCUT2D eigenvalue weighted by atomic mass is 10.2. The van der Waals surface area contributed by atoms with E-state index in [0.717, 1.165) is 0 Å². The minimum atomic E-state index is -0.170. The van der Waals surface area contributed by atoms with E-state index in [1.807, 2.05) is 0 Å². The lowest BCUT2D eigenvalue weighted by Crippen LogP contribution is -2.41. The second-order valence-electron chi connectivity index (χ2n) is 3.52. The summed E-state index contributed by atoms with van der Waals surface area (Å²) < 4.78 is 6.81. The summed E-state index contributed by atoms with van der Waals surface area (Å²) in [5.41, 5.74) is 0.519. The van der Waals surface area contributed by atoms with Gasteiger partial charge in [-0.2, -0.15) is 0 Å². The van der Waals surface area contributed by atoms with Gasteiger partial charge in [0.2, 0.25) is 0 Å². The Morgan fingerprint density at radius 2 is 2.53 bits per heavy atom. The van der Waals surface area contributed by atoms with Crippen LogP contribution in [-0.4, -0.2) is 40.1 Å². The molecule has 0 spiro atoms. The van der Waals surface area contributed by atoms with Crippen molar-refractivity contribution in [1.82, 2.24) is 14.9 Å². The van der Waals surface area contributed by atoms with E-state index in [1.165, 1.54) is 6.20 Å². The Bertz CT molecular complexity index is 366. The zero-order chi connectivity index (χ0) is 10.8. The van der Waals surface area contributed by atoms with E-state index in [0.29, 0.717) is 18.9 Å². The summed E-state index contributed by atoms with van der Waals surface area (Å²) in [6, 6.07) is -0.117. The van der Waals surface area contributed by atoms with Crippen LogP contribution in [0, 0.1) is 0 Å². The number of aryl methyl sites for hydroxylation is 1. The van der Waals surface area contributed by atoms with Gasteiger partial charge >= 0.3 is 0 Å². The number of nitrogens with zero attached hydrogens (tertiary/aromatic N) is 2. The van der Waals surface area contributed by atoms with Gasteiger partial charge in [0, 0.05) is 7.05 Å². The standard InChI is InChI=1S/C9H12ClN3O2/c1-13-5-11-2-8(13)9(14)12-7-4-15-3-6(7)10/h2,5-7H,3-4H2,1H3,(H,12,14). The molecule has 1 N–H and O–H groups in total. The average molecular weight is 230 g/mol. The molecule has 2 atom stereocenters. The van der Waals surface area contributed by atoms with Crippen molar-refractivity contribution in [2.75, 3.05) is 13.2 Å². The molecule has 2 unspecified atom stereocenters. The van der Waals surface area contributed by atoms with Gasteiger partial charge in [0.15, 0.2) is 0 Å². The molecule has 2 rings (SSSR count). The smallest absolute Gasteiger partial charge is 0.269 e. The van der Waals surface area contributed by atoms with Crippen LogP contribution in [0.25, 0.3) is 0 Å². The zero-order valence-corrected chi connectivity index (χ0v) is 9.07. The highest BCUT2D eigenvalue weighted by atomic mass is 35.5. The lowest BCUT2D eigenvalue weighted by molar-refractivity contribution is 0.0922. The van der Waals surface area contributed by atoms with Crippen molar-refractivity contribution < 1.29 is 9.53 Å². The van der Waals surface area contributed by atoms with Crippen LogP contribution in [0.2, 0.25) is 0 Å². The first kappa shape index (κ1) is 10.4. The quantitative estimate of drug-likeness (QED) is 0.735. The Hall–Kier alpha value is -1.07. The molecule has 1 aromatic heterocycles. The van der Waals surface area contributed by atoms with Crippen molar-refractivity contribution in [2.24, 2.45) is 7.05 Å². The summed E-state index contributed by atoms with van der Waals surface area (Å²) in [6.45, 7) is 0.954. The predicted octanol–water partition coefficient (Wildman–Crippen LogP) is 0.156. The van der Waals surface area contributed by atoms with Crippen LogP contribution in [0.5, 0.6) is 0 Å². The molecule has 1 saturated heterocycles. The van der Waals surface area contributed by atoms with Crippen LogP contribution < -0.4 is 5.32 Å². The van der Waals surface area contributed by atoms with Crippen molar-refractivity contribution in [3.8, 4) is 0 Å². The number of ether oxygens (including phenoxy) is 1. The number of imidazole rings is 1. The van der Waals surface area contributed by atoms with Crippen LogP contribution in [0.4, 0.5) is 0 Å². The van der Waals surface area contributed by atoms with Gasteiger partial charge in [-0.1, -0.05) is 0 Å². The van der Waals surface area contributed by atoms with Gasteiger partial charge in [-0.05, 0) is 0 Å². The van der Waals surface area contributed by atoms with Crippen molar-refractivity contribution in [1.29, 1.82) is 0 Å². The third-order valence-corrected chi connectivity index (χ3v) is 2.81. The maximum absolute atomic E-state index is 11.7. The van der Waals surface area contributed by atoms with Gasteiger partial charge in [-0.15, -0.1) is 11.6 Å². The SMILES string of the molecule is Cn1cncc1C(=O)NC1COCC1Cl. The first-order chi connectivity index (χ1) is 7.18. The van der Waals surface area contributed by atoms with Crippen LogP contribution >= 0.6 is 11.6 Å². The molecule has 0 aliphatic carbocycles. The number of carbonyl (C=O) groups is 1. The minimum absolute atomic E-state index is 0.117. The Kier molecular flexibility index (Phi) is 2.93. The van der Waals surface area contributed by atoms with Gasteiger partial charge < -0.3 is 14.6 Å². The molecule has 0 radical (unpaired) electrons. The molecule has 6 heteroatoms. The summed E-state index contributed by atoms with van der Waals surface area (Å²) in [5.74, 6) is -0.170. The maximum Gasteiger partial charge on any atom is 0.269 e. The molecule has 1 amide bonds. The summed E-state index contributed by atoms with van der Waals surface area (Å²) in [6.07, 6.45) is 3.10. The number of carbonyl (C=O) groups excluding carboxylic acids is 1. The molecule has 0 bridgehead atoms. The number of hydrogen-bond donors (Lipinski definition) is 1. The maximum atomic E-state index is 11.7. The van der Waals surface area contributed by atoms with Gasteiger partial charge in [-0.25, -0.2) is 4.98 Å². The van der Waals surface area contributed by atoms with Gasteiger partial charge in [-0.3, -0.25) is 4.79 Å². The summed E-state index contributed by atoms with van der Waals surface area (Å²) >= 11 is 5.96. The van der Waals surface area contributed by atoms with Crippen LogP contribution in [-0.2, 0) is 11.8 Å². The molecule has 1 aromatic rings. The summed E-state index contributed by atoms with van der Waals surface area (Å²) in [4.78, 5) is 15.6. The van der Waals surface area contributed by atoms with E-state index in [9.17, 15) is 4.79 Å². The van der Waals surface area contributed by atoms with E-state index >= 15 is 0 Å². The van der Waals surface area contributed by atoms with Crippen LogP contribution in [0.3, 0.4) is 0 Å². The fourth-order valence-corrected chi connectivity index (χ4v) is 1.70. The molecular formula is C9H12ClN3O2. The Morgan fingerprint density at radius 1 is 1.73 bits per heavy atom. The van der Waals surface area contributed by atoms with Crippen molar-refractivity contribution in [3.05, 3.63) is 18.2 Å². The molecule has 0 aromatic carbocycles. The molecule has 0 saturated carbocycles. The fraction of sp³-hybridized carbons (Fsp3) is 0.556. The van der Waals surface area contributed by atoms with Crippen LogP contribution in [0.15, 0.2) is 12.5 Å². The highest BCUT2D eigenvalue weighted by Gasteiger charge is 2.28. The van der Waals surface area contributed by atoms with Gasteiger partial charge in [0.1, 0.15) is 5.69 Å². The Morgan fingerprint density at radius 3 is 3.07 bits per heavy atom. The van der Waals surface area contributed by atoms with E-state index in [2.05, 4.69) is 10.3 Å². The highest BCUT2D eigenvalue weighted by molar-refractivity contribution is 6.21. The predicted molar refractivity (Wildman–Crippen MR) is 54.9 cm³/mol. The second kappa shape index (κ2) is 4.20. The minimum Gasteiger partial charge on any atom is -0.378 e. The topological polar surface area (TPSA) is 56.2 Å². The average Bonchev–Trinajstić information content (AvgIpc) is 2.76. The summed E-state index contributed by atoms with van der Waals surface area (Å²) in [5, 5.41) is 2.66. The highest BCUT2D eigenvalue weighted by Crippen LogP contribution is 2.12. The lowest BCUT2D eigenvalue weighted by Gasteiger charge is -2.13. The zero-order valence-electron chi connectivity index (χ0n) is 8.31. The first-order valence-corrected chi connectivity index (χ1v) is 5.11. The second-order valence-corrected chi connectivity index (χ2v) is 4.08. The first-order valence-electron chi connectivity index (χ1n) is 4.67. The number of amides is 1. The van der Waals surface area contributed by atoms with E-state index in [4.69, 9.17) is 16.3 Å². The Balaban J connectivity index is 2.01. The molecule has 82 valence electrons. The van der Waals surface area contributed by atoms with Crippen molar-refractivity contribution in [3.63, 3.8) is 0 Å². The van der Waals surface area contributed by atoms with E-state index < -0.39 is 0 Å². The van der Waals surface area contributed by atoms with Gasteiger partial charge in [0.25, 0.3) is 5.91 Å². The van der Waals surface area contributed by atoms with E-state index in [1.54, 1.807) is 17.9 Å². The summed E-state index contributed by atoms with van der Waals surface area (Å²) in [7, 11) is 1.77. The molecule has 2 heterocycles.